The average molecular weight is 286 g/mol. The predicted octanol–water partition coefficient (Wildman–Crippen LogP) is 3.64. The maximum absolute atomic E-state index is 12.4. The molecule has 3 rings (SSSR count). The van der Waals surface area contributed by atoms with Gasteiger partial charge in [0.25, 0.3) is 0 Å². The van der Waals surface area contributed by atoms with Gasteiger partial charge in [0, 0.05) is 12.2 Å². The zero-order valence-corrected chi connectivity index (χ0v) is 12.9. The molecule has 1 aromatic rings. The number of carbonyl (C=O) groups is 1. The molecular formula is C17H22N2O2. The number of rotatable bonds is 1. The van der Waals surface area contributed by atoms with Crippen molar-refractivity contribution in [3.8, 4) is 0 Å². The Bertz CT molecular complexity index is 560. The molecule has 112 valence electrons. The molecule has 2 aliphatic heterocycles. The average Bonchev–Trinajstić information content (AvgIpc) is 2.69. The van der Waals surface area contributed by atoms with Gasteiger partial charge < -0.3 is 4.74 Å². The number of carbonyl (C=O) groups excluding carboxylic acids is 1. The number of pyridine rings is 1. The van der Waals surface area contributed by atoms with E-state index < -0.39 is 5.60 Å². The largest absolute Gasteiger partial charge is 0.444 e. The van der Waals surface area contributed by atoms with Crippen LogP contribution in [0.3, 0.4) is 0 Å². The van der Waals surface area contributed by atoms with Crippen molar-refractivity contribution in [2.24, 2.45) is 0 Å². The van der Waals surface area contributed by atoms with E-state index in [1.165, 1.54) is 5.57 Å². The fourth-order valence-corrected chi connectivity index (χ4v) is 3.17. The minimum Gasteiger partial charge on any atom is -0.444 e. The molecule has 4 nitrogen and oxygen atoms in total. The van der Waals surface area contributed by atoms with Gasteiger partial charge in [0.15, 0.2) is 0 Å². The maximum atomic E-state index is 12.4. The molecule has 0 saturated carbocycles. The Kier molecular flexibility index (Phi) is 3.47. The molecule has 0 unspecified atom stereocenters. The van der Waals surface area contributed by atoms with Crippen molar-refractivity contribution in [2.75, 3.05) is 0 Å². The highest BCUT2D eigenvalue weighted by Gasteiger charge is 2.41. The van der Waals surface area contributed by atoms with Crippen molar-refractivity contribution in [2.45, 2.75) is 57.7 Å². The molecule has 2 bridgehead atoms. The first-order valence-corrected chi connectivity index (χ1v) is 7.57. The summed E-state index contributed by atoms with van der Waals surface area (Å²) in [4.78, 5) is 18.7. The van der Waals surface area contributed by atoms with Crippen molar-refractivity contribution >= 4 is 11.7 Å². The first kappa shape index (κ1) is 14.1. The van der Waals surface area contributed by atoms with Crippen molar-refractivity contribution in [1.29, 1.82) is 0 Å². The predicted molar refractivity (Wildman–Crippen MR) is 81.7 cm³/mol. The second-order valence-electron chi connectivity index (χ2n) is 6.80. The molecule has 2 atom stereocenters. The van der Waals surface area contributed by atoms with Crippen LogP contribution < -0.4 is 0 Å². The number of aromatic nitrogens is 1. The Morgan fingerprint density at radius 3 is 2.76 bits per heavy atom. The van der Waals surface area contributed by atoms with Crippen LogP contribution in [-0.4, -0.2) is 33.7 Å². The third-order valence-corrected chi connectivity index (χ3v) is 3.99. The Hall–Kier alpha value is -1.84. The van der Waals surface area contributed by atoms with Gasteiger partial charge in [-0.2, -0.15) is 0 Å². The number of nitrogens with zero attached hydrogens (tertiary/aromatic N) is 2. The summed E-state index contributed by atoms with van der Waals surface area (Å²) < 4.78 is 5.54. The first-order chi connectivity index (χ1) is 9.94. The summed E-state index contributed by atoms with van der Waals surface area (Å²) in [6, 6.07) is 6.36. The Morgan fingerprint density at radius 2 is 2.14 bits per heavy atom. The number of hydrogen-bond acceptors (Lipinski definition) is 3. The highest BCUT2D eigenvalue weighted by molar-refractivity contribution is 5.74. The molecule has 0 spiro atoms. The minimum absolute atomic E-state index is 0.149. The van der Waals surface area contributed by atoms with Gasteiger partial charge in [-0.3, -0.25) is 9.88 Å². The van der Waals surface area contributed by atoms with Crippen LogP contribution in [0.25, 0.3) is 5.57 Å². The Morgan fingerprint density at radius 1 is 1.33 bits per heavy atom. The standard InChI is InChI=1S/C17H22N2O2/c1-17(2,3)21-16(20)19-13-7-8-14(19)11-12(10-13)15-6-4-5-9-18-15/h4-6,9-10,13-14H,7-8,11H2,1-3H3/t13-,14+/m1/s1. The van der Waals surface area contributed by atoms with Crippen LogP contribution in [0, 0.1) is 0 Å². The van der Waals surface area contributed by atoms with E-state index in [0.29, 0.717) is 0 Å². The van der Waals surface area contributed by atoms with Gasteiger partial charge in [0.05, 0.1) is 11.7 Å². The minimum atomic E-state index is -0.443. The molecule has 4 heteroatoms. The fraction of sp³-hybridized carbons (Fsp3) is 0.529. The van der Waals surface area contributed by atoms with E-state index in [2.05, 4.69) is 11.1 Å². The summed E-state index contributed by atoms with van der Waals surface area (Å²) >= 11 is 0. The molecule has 0 radical (unpaired) electrons. The fourth-order valence-electron chi connectivity index (χ4n) is 3.17. The molecule has 0 aliphatic carbocycles. The van der Waals surface area contributed by atoms with Crippen molar-refractivity contribution < 1.29 is 9.53 Å². The molecular weight excluding hydrogens is 264 g/mol. The Balaban J connectivity index is 1.80. The van der Waals surface area contributed by atoms with Crippen LogP contribution in [0.1, 0.15) is 45.7 Å². The second-order valence-corrected chi connectivity index (χ2v) is 6.80. The van der Waals surface area contributed by atoms with Gasteiger partial charge >= 0.3 is 6.09 Å². The van der Waals surface area contributed by atoms with Crippen molar-refractivity contribution in [3.05, 3.63) is 36.2 Å². The number of ether oxygens (including phenoxy) is 1. The van der Waals surface area contributed by atoms with Gasteiger partial charge in [-0.25, -0.2) is 4.79 Å². The summed E-state index contributed by atoms with van der Waals surface area (Å²) in [6.45, 7) is 5.73. The number of hydrogen-bond donors (Lipinski definition) is 0. The van der Waals surface area contributed by atoms with Gasteiger partial charge in [0.1, 0.15) is 5.60 Å². The van der Waals surface area contributed by atoms with Crippen LogP contribution in [0.4, 0.5) is 4.79 Å². The lowest BCUT2D eigenvalue weighted by Crippen LogP contribution is -2.45. The van der Waals surface area contributed by atoms with Gasteiger partial charge in [-0.15, -0.1) is 0 Å². The lowest BCUT2D eigenvalue weighted by molar-refractivity contribution is 0.0175. The molecule has 1 aromatic heterocycles. The topological polar surface area (TPSA) is 42.4 Å². The van der Waals surface area contributed by atoms with E-state index >= 15 is 0 Å². The van der Waals surface area contributed by atoms with Gasteiger partial charge in [-0.1, -0.05) is 12.1 Å². The van der Waals surface area contributed by atoms with Crippen molar-refractivity contribution in [1.82, 2.24) is 9.88 Å². The highest BCUT2D eigenvalue weighted by Crippen LogP contribution is 2.38. The van der Waals surface area contributed by atoms with Crippen molar-refractivity contribution in [3.63, 3.8) is 0 Å². The lowest BCUT2D eigenvalue weighted by atomic mass is 9.98. The molecule has 21 heavy (non-hydrogen) atoms. The van der Waals surface area contributed by atoms with Crippen LogP contribution in [0.15, 0.2) is 30.5 Å². The number of amides is 1. The zero-order valence-electron chi connectivity index (χ0n) is 12.9. The Labute approximate surface area is 125 Å². The van der Waals surface area contributed by atoms with E-state index in [9.17, 15) is 4.79 Å². The monoisotopic (exact) mass is 286 g/mol. The van der Waals surface area contributed by atoms with Crippen LogP contribution in [0.2, 0.25) is 0 Å². The molecule has 0 N–H and O–H groups in total. The molecule has 2 aliphatic rings. The smallest absolute Gasteiger partial charge is 0.411 e. The zero-order chi connectivity index (χ0) is 15.0. The summed E-state index contributed by atoms with van der Waals surface area (Å²) in [7, 11) is 0. The summed E-state index contributed by atoms with van der Waals surface area (Å²) in [5, 5.41) is 0. The van der Waals surface area contributed by atoms with Gasteiger partial charge in [0.2, 0.25) is 0 Å². The normalized spacial score (nSPS) is 24.7. The summed E-state index contributed by atoms with van der Waals surface area (Å²) in [6.07, 6.45) is 6.74. The second kappa shape index (κ2) is 5.17. The van der Waals surface area contributed by atoms with Crippen LogP contribution >= 0.6 is 0 Å². The van der Waals surface area contributed by atoms with E-state index in [1.54, 1.807) is 0 Å². The lowest BCUT2D eigenvalue weighted by Gasteiger charge is -2.35. The van der Waals surface area contributed by atoms with Crippen LogP contribution in [-0.2, 0) is 4.74 Å². The van der Waals surface area contributed by atoms with E-state index in [1.807, 2.05) is 50.1 Å². The van der Waals surface area contributed by atoms with E-state index in [-0.39, 0.29) is 18.2 Å². The van der Waals surface area contributed by atoms with E-state index in [4.69, 9.17) is 4.74 Å². The summed E-state index contributed by atoms with van der Waals surface area (Å²) in [5.74, 6) is 0. The SMILES string of the molecule is CC(C)(C)OC(=O)N1[C@H]2CC[C@@H]1C=C(c1ccccn1)C2. The third kappa shape index (κ3) is 2.94. The van der Waals surface area contributed by atoms with E-state index in [0.717, 1.165) is 25.0 Å². The molecule has 1 fully saturated rings. The quantitative estimate of drug-likeness (QED) is 0.791. The number of fused-ring (bicyclic) bond motifs is 2. The third-order valence-electron chi connectivity index (χ3n) is 3.99. The molecule has 1 amide bonds. The molecule has 0 aromatic carbocycles. The highest BCUT2D eigenvalue weighted by atomic mass is 16.6. The molecule has 3 heterocycles. The van der Waals surface area contributed by atoms with Gasteiger partial charge in [-0.05, 0) is 57.7 Å². The summed E-state index contributed by atoms with van der Waals surface area (Å²) in [5.41, 5.74) is 1.84. The van der Waals surface area contributed by atoms with Crippen LogP contribution in [0.5, 0.6) is 0 Å². The molecule has 1 saturated heterocycles. The first-order valence-electron chi connectivity index (χ1n) is 7.57. The maximum Gasteiger partial charge on any atom is 0.411 e.